The fourth-order valence-corrected chi connectivity index (χ4v) is 4.60. The predicted octanol–water partition coefficient (Wildman–Crippen LogP) is 4.63. The summed E-state index contributed by atoms with van der Waals surface area (Å²) < 4.78 is 54.1. The van der Waals surface area contributed by atoms with Gasteiger partial charge in [0, 0.05) is 17.3 Å². The van der Waals surface area contributed by atoms with Crippen molar-refractivity contribution in [1.82, 2.24) is 4.98 Å². The van der Waals surface area contributed by atoms with Gasteiger partial charge in [-0.05, 0) is 42.5 Å². The third kappa shape index (κ3) is 4.14. The van der Waals surface area contributed by atoms with Crippen LogP contribution in [0.1, 0.15) is 10.4 Å². The summed E-state index contributed by atoms with van der Waals surface area (Å²) in [5, 5.41) is 2.75. The van der Waals surface area contributed by atoms with Gasteiger partial charge in [0.05, 0.1) is 15.1 Å². The molecule has 0 aliphatic heterocycles. The number of thiazole rings is 1. The summed E-state index contributed by atoms with van der Waals surface area (Å²) in [5.41, 5.74) is 0.787. The van der Waals surface area contributed by atoms with E-state index in [1.165, 1.54) is 36.4 Å². The molecule has 1 amide bonds. The van der Waals surface area contributed by atoms with Gasteiger partial charge in [-0.15, -0.1) is 0 Å². The van der Waals surface area contributed by atoms with Gasteiger partial charge in [-0.25, -0.2) is 22.2 Å². The van der Waals surface area contributed by atoms with Crippen LogP contribution in [0.4, 0.5) is 19.6 Å². The Morgan fingerprint density at radius 1 is 0.933 bits per heavy atom. The first-order chi connectivity index (χ1) is 14.3. The molecule has 1 aromatic heterocycles. The average molecular weight is 445 g/mol. The molecule has 0 aliphatic rings. The number of carbonyl (C=O) groups excluding carboxylic acids is 1. The van der Waals surface area contributed by atoms with E-state index in [9.17, 15) is 22.0 Å². The Balaban J connectivity index is 1.48. The van der Waals surface area contributed by atoms with E-state index in [2.05, 4.69) is 15.0 Å². The van der Waals surface area contributed by atoms with Crippen LogP contribution < -0.4 is 10.0 Å². The van der Waals surface area contributed by atoms with Gasteiger partial charge in [-0.1, -0.05) is 29.5 Å². The van der Waals surface area contributed by atoms with Crippen LogP contribution in [0.2, 0.25) is 0 Å². The molecule has 0 fully saturated rings. The smallest absolute Gasteiger partial charge is 0.261 e. The number of halogens is 2. The molecule has 30 heavy (non-hydrogen) atoms. The summed E-state index contributed by atoms with van der Waals surface area (Å²) >= 11 is 1.01. The van der Waals surface area contributed by atoms with Gasteiger partial charge >= 0.3 is 0 Å². The summed E-state index contributed by atoms with van der Waals surface area (Å²) in [6.45, 7) is 0. The van der Waals surface area contributed by atoms with Crippen molar-refractivity contribution in [3.63, 3.8) is 0 Å². The van der Waals surface area contributed by atoms with E-state index < -0.39 is 27.6 Å². The Hall–Kier alpha value is -3.37. The van der Waals surface area contributed by atoms with E-state index in [1.807, 2.05) is 0 Å². The molecule has 0 saturated carbocycles. The number of aromatic nitrogens is 1. The quantitative estimate of drug-likeness (QED) is 0.469. The number of sulfonamides is 1. The van der Waals surface area contributed by atoms with Crippen molar-refractivity contribution in [2.45, 2.75) is 4.90 Å². The number of nitrogens with zero attached hydrogens (tertiary/aromatic N) is 1. The zero-order valence-corrected chi connectivity index (χ0v) is 16.7. The fraction of sp³-hybridized carbons (Fsp3) is 0. The second-order valence-electron chi connectivity index (χ2n) is 6.20. The largest absolute Gasteiger partial charge is 0.298 e. The second-order valence-corrected chi connectivity index (χ2v) is 8.92. The first kappa shape index (κ1) is 19.9. The molecule has 0 radical (unpaired) electrons. The maximum atomic E-state index is 13.3. The molecule has 0 saturated heterocycles. The van der Waals surface area contributed by atoms with E-state index in [0.29, 0.717) is 10.4 Å². The molecule has 3 aromatic carbocycles. The van der Waals surface area contributed by atoms with Crippen molar-refractivity contribution < 1.29 is 22.0 Å². The molecule has 6 nitrogen and oxygen atoms in total. The highest BCUT2D eigenvalue weighted by Crippen LogP contribution is 2.28. The number of anilines is 2. The summed E-state index contributed by atoms with van der Waals surface area (Å²) in [6.07, 6.45) is 0. The van der Waals surface area contributed by atoms with Crippen molar-refractivity contribution in [1.29, 1.82) is 0 Å². The maximum absolute atomic E-state index is 13.3. The Bertz CT molecular complexity index is 1300. The highest BCUT2D eigenvalue weighted by molar-refractivity contribution is 7.92. The maximum Gasteiger partial charge on any atom is 0.261 e. The minimum atomic E-state index is -3.74. The molecule has 4 rings (SSSR count). The first-order valence-corrected chi connectivity index (χ1v) is 10.9. The highest BCUT2D eigenvalue weighted by atomic mass is 32.2. The van der Waals surface area contributed by atoms with Gasteiger partial charge in [-0.3, -0.25) is 14.8 Å². The molecule has 152 valence electrons. The third-order valence-corrected chi connectivity index (χ3v) is 6.43. The first-order valence-electron chi connectivity index (χ1n) is 8.57. The zero-order valence-electron chi connectivity index (χ0n) is 15.1. The summed E-state index contributed by atoms with van der Waals surface area (Å²) in [7, 11) is -3.74. The number of fused-ring (bicyclic) bond motifs is 1. The molecule has 0 bridgehead atoms. The minimum absolute atomic E-state index is 0.121. The van der Waals surface area contributed by atoms with Crippen molar-refractivity contribution in [2.24, 2.45) is 0 Å². The predicted molar refractivity (Wildman–Crippen MR) is 111 cm³/mol. The van der Waals surface area contributed by atoms with Crippen molar-refractivity contribution in [3.8, 4) is 0 Å². The van der Waals surface area contributed by atoms with Crippen LogP contribution in [0.5, 0.6) is 0 Å². The Labute approximate surface area is 174 Å². The summed E-state index contributed by atoms with van der Waals surface area (Å²) in [6, 6.07) is 15.7. The molecule has 0 atom stereocenters. The molecular formula is C20H13F2N3O3S2. The number of benzene rings is 3. The molecule has 10 heteroatoms. The van der Waals surface area contributed by atoms with E-state index in [4.69, 9.17) is 0 Å². The van der Waals surface area contributed by atoms with Crippen LogP contribution in [0, 0.1) is 11.6 Å². The third-order valence-electron chi connectivity index (χ3n) is 4.10. The monoisotopic (exact) mass is 445 g/mol. The van der Waals surface area contributed by atoms with Crippen LogP contribution in [0.15, 0.2) is 71.6 Å². The van der Waals surface area contributed by atoms with Gasteiger partial charge < -0.3 is 0 Å². The number of carbonyl (C=O) groups is 1. The lowest BCUT2D eigenvalue weighted by atomic mass is 10.2. The second kappa shape index (κ2) is 7.81. The van der Waals surface area contributed by atoms with E-state index >= 15 is 0 Å². The number of amides is 1. The molecule has 0 unspecified atom stereocenters. The number of rotatable bonds is 5. The Morgan fingerprint density at radius 2 is 1.60 bits per heavy atom. The molecule has 2 N–H and O–H groups in total. The zero-order chi connectivity index (χ0) is 21.3. The van der Waals surface area contributed by atoms with Crippen molar-refractivity contribution in [2.75, 3.05) is 10.0 Å². The van der Waals surface area contributed by atoms with Gasteiger partial charge in [0.15, 0.2) is 16.8 Å². The fourth-order valence-electron chi connectivity index (χ4n) is 2.65. The van der Waals surface area contributed by atoms with E-state index in [-0.39, 0.29) is 21.1 Å². The van der Waals surface area contributed by atoms with Crippen LogP contribution >= 0.6 is 11.3 Å². The number of hydrogen-bond donors (Lipinski definition) is 2. The Kier molecular flexibility index (Phi) is 5.18. The standard InChI is InChI=1S/C20H13F2N3O3S2/c21-15-10-17-18(11-16(15)22)29-20(23-17)24-19(26)12-6-8-13(9-7-12)25-30(27,28)14-4-2-1-3-5-14/h1-11,25H,(H,23,24,26). The summed E-state index contributed by atoms with van der Waals surface area (Å²) in [5.74, 6) is -2.50. The minimum Gasteiger partial charge on any atom is -0.298 e. The molecular weight excluding hydrogens is 432 g/mol. The van der Waals surface area contributed by atoms with Gasteiger partial charge in [0.1, 0.15) is 0 Å². The lowest BCUT2D eigenvalue weighted by molar-refractivity contribution is 0.102. The number of hydrogen-bond acceptors (Lipinski definition) is 5. The van der Waals surface area contributed by atoms with Crippen LogP contribution in [-0.2, 0) is 10.0 Å². The van der Waals surface area contributed by atoms with E-state index in [0.717, 1.165) is 23.5 Å². The molecule has 1 heterocycles. The molecule has 4 aromatic rings. The van der Waals surface area contributed by atoms with Gasteiger partial charge in [-0.2, -0.15) is 0 Å². The van der Waals surface area contributed by atoms with Crippen LogP contribution in [-0.4, -0.2) is 19.3 Å². The lowest BCUT2D eigenvalue weighted by Crippen LogP contribution is -2.14. The topological polar surface area (TPSA) is 88.2 Å². The average Bonchev–Trinajstić information content (AvgIpc) is 3.10. The van der Waals surface area contributed by atoms with Gasteiger partial charge in [0.25, 0.3) is 15.9 Å². The van der Waals surface area contributed by atoms with Crippen LogP contribution in [0.25, 0.3) is 10.2 Å². The van der Waals surface area contributed by atoms with Crippen LogP contribution in [0.3, 0.4) is 0 Å². The van der Waals surface area contributed by atoms with Crippen molar-refractivity contribution in [3.05, 3.63) is 83.9 Å². The SMILES string of the molecule is O=C(Nc1nc2cc(F)c(F)cc2s1)c1ccc(NS(=O)(=O)c2ccccc2)cc1. The van der Waals surface area contributed by atoms with E-state index in [1.54, 1.807) is 18.2 Å². The Morgan fingerprint density at radius 3 is 2.30 bits per heavy atom. The highest BCUT2D eigenvalue weighted by Gasteiger charge is 2.15. The van der Waals surface area contributed by atoms with Gasteiger partial charge in [0.2, 0.25) is 0 Å². The number of nitrogens with one attached hydrogen (secondary N) is 2. The summed E-state index contributed by atoms with van der Waals surface area (Å²) in [4.78, 5) is 16.6. The molecule has 0 spiro atoms. The normalized spacial score (nSPS) is 11.4. The van der Waals surface area contributed by atoms with Crippen molar-refractivity contribution >= 4 is 48.3 Å². The lowest BCUT2D eigenvalue weighted by Gasteiger charge is -2.08. The molecule has 0 aliphatic carbocycles.